The van der Waals surface area contributed by atoms with E-state index in [1.165, 1.54) is 25.7 Å². The minimum Gasteiger partial charge on any atom is -0.325 e. The Morgan fingerprint density at radius 1 is 1.35 bits per heavy atom. The van der Waals surface area contributed by atoms with Gasteiger partial charge in [-0.25, -0.2) is 0 Å². The first-order valence-corrected chi connectivity index (χ1v) is 7.26. The summed E-state index contributed by atoms with van der Waals surface area (Å²) in [6.07, 6.45) is 7.81. The van der Waals surface area contributed by atoms with Crippen LogP contribution >= 0.6 is 0 Å². The fraction of sp³-hybridized carbons (Fsp3) is 0.929. The van der Waals surface area contributed by atoms with E-state index in [0.717, 1.165) is 37.3 Å². The van der Waals surface area contributed by atoms with Crippen molar-refractivity contribution in [3.05, 3.63) is 0 Å². The smallest absolute Gasteiger partial charge is 0.244 e. The van der Waals surface area contributed by atoms with Gasteiger partial charge in [0.05, 0.1) is 12.2 Å². The molecule has 3 saturated carbocycles. The molecule has 0 radical (unpaired) electrons. The quantitative estimate of drug-likeness (QED) is 0.789. The van der Waals surface area contributed by atoms with Crippen LogP contribution in [0.2, 0.25) is 0 Å². The Labute approximate surface area is 103 Å². The van der Waals surface area contributed by atoms with E-state index >= 15 is 0 Å². The molecule has 1 spiro atoms. The lowest BCUT2D eigenvalue weighted by atomic mass is 9.83. The van der Waals surface area contributed by atoms with Crippen LogP contribution in [0.1, 0.15) is 45.4 Å². The molecule has 4 rings (SSSR count). The summed E-state index contributed by atoms with van der Waals surface area (Å²) >= 11 is 0. The molecular formula is C14H22N2O. The van der Waals surface area contributed by atoms with Gasteiger partial charge in [-0.3, -0.25) is 10.1 Å². The second-order valence-corrected chi connectivity index (χ2v) is 6.77. The molecular weight excluding hydrogens is 212 g/mol. The van der Waals surface area contributed by atoms with E-state index < -0.39 is 0 Å². The van der Waals surface area contributed by atoms with E-state index in [1.54, 1.807) is 0 Å². The van der Waals surface area contributed by atoms with Crippen LogP contribution in [-0.2, 0) is 4.79 Å². The van der Waals surface area contributed by atoms with Gasteiger partial charge in [-0.2, -0.15) is 0 Å². The van der Waals surface area contributed by atoms with Crippen molar-refractivity contribution in [2.75, 3.05) is 6.67 Å². The number of rotatable bonds is 2. The number of carbonyl (C=O) groups excluding carboxylic acids is 1. The Morgan fingerprint density at radius 2 is 2.18 bits per heavy atom. The van der Waals surface area contributed by atoms with Crippen molar-refractivity contribution in [2.45, 2.75) is 57.0 Å². The van der Waals surface area contributed by atoms with Gasteiger partial charge in [-0.05, 0) is 56.8 Å². The average molecular weight is 234 g/mol. The first-order chi connectivity index (χ1) is 8.20. The maximum Gasteiger partial charge on any atom is 0.244 e. The van der Waals surface area contributed by atoms with E-state index in [-0.39, 0.29) is 5.54 Å². The van der Waals surface area contributed by atoms with Gasteiger partial charge in [-0.15, -0.1) is 0 Å². The summed E-state index contributed by atoms with van der Waals surface area (Å²) in [7, 11) is 0. The zero-order valence-electron chi connectivity index (χ0n) is 10.6. The SMILES string of the molecule is CC(C1CC2CCC1C2)N1CNC2(CC2)C1=O. The molecule has 0 aromatic carbocycles. The summed E-state index contributed by atoms with van der Waals surface area (Å²) in [6, 6.07) is 0.463. The van der Waals surface area contributed by atoms with Gasteiger partial charge >= 0.3 is 0 Å². The molecule has 1 saturated heterocycles. The van der Waals surface area contributed by atoms with Crippen LogP contribution in [0.5, 0.6) is 0 Å². The Morgan fingerprint density at radius 3 is 2.71 bits per heavy atom. The van der Waals surface area contributed by atoms with Gasteiger partial charge in [0.15, 0.2) is 0 Å². The van der Waals surface area contributed by atoms with Crippen molar-refractivity contribution in [1.29, 1.82) is 0 Å². The van der Waals surface area contributed by atoms with Crippen molar-refractivity contribution in [2.24, 2.45) is 17.8 Å². The zero-order chi connectivity index (χ0) is 11.6. The normalized spacial score (nSPS) is 43.7. The molecule has 4 aliphatic rings. The Balaban J connectivity index is 1.50. The number of nitrogens with one attached hydrogen (secondary N) is 1. The molecule has 17 heavy (non-hydrogen) atoms. The summed E-state index contributed by atoms with van der Waals surface area (Å²) in [5, 5.41) is 3.43. The zero-order valence-corrected chi connectivity index (χ0v) is 10.6. The largest absolute Gasteiger partial charge is 0.325 e. The minimum absolute atomic E-state index is 0.105. The molecule has 1 aliphatic heterocycles. The molecule has 2 bridgehead atoms. The number of fused-ring (bicyclic) bond motifs is 2. The van der Waals surface area contributed by atoms with E-state index in [9.17, 15) is 4.79 Å². The van der Waals surface area contributed by atoms with Gasteiger partial charge < -0.3 is 4.90 Å². The van der Waals surface area contributed by atoms with E-state index in [0.29, 0.717) is 11.9 Å². The van der Waals surface area contributed by atoms with E-state index in [4.69, 9.17) is 0 Å². The predicted molar refractivity (Wildman–Crippen MR) is 65.2 cm³/mol. The maximum absolute atomic E-state index is 12.4. The van der Waals surface area contributed by atoms with Crippen molar-refractivity contribution in [1.82, 2.24) is 10.2 Å². The fourth-order valence-corrected chi connectivity index (χ4v) is 4.62. The van der Waals surface area contributed by atoms with Gasteiger partial charge in [-0.1, -0.05) is 6.42 Å². The van der Waals surface area contributed by atoms with Crippen LogP contribution in [0, 0.1) is 17.8 Å². The maximum atomic E-state index is 12.4. The number of nitrogens with zero attached hydrogens (tertiary/aromatic N) is 1. The number of hydrogen-bond donors (Lipinski definition) is 1. The molecule has 3 heteroatoms. The van der Waals surface area contributed by atoms with Crippen molar-refractivity contribution in [3.63, 3.8) is 0 Å². The highest BCUT2D eigenvalue weighted by Crippen LogP contribution is 2.51. The molecule has 0 aromatic heterocycles. The van der Waals surface area contributed by atoms with Crippen LogP contribution in [0.15, 0.2) is 0 Å². The highest BCUT2D eigenvalue weighted by Gasteiger charge is 2.57. The van der Waals surface area contributed by atoms with Gasteiger partial charge in [0.25, 0.3) is 0 Å². The molecule has 4 unspecified atom stereocenters. The van der Waals surface area contributed by atoms with Crippen LogP contribution in [0.25, 0.3) is 0 Å². The average Bonchev–Trinajstić information content (AvgIpc) is 2.71. The lowest BCUT2D eigenvalue weighted by Crippen LogP contribution is -2.43. The molecule has 94 valence electrons. The lowest BCUT2D eigenvalue weighted by Gasteiger charge is -2.34. The molecule has 0 aromatic rings. The summed E-state index contributed by atoms with van der Waals surface area (Å²) in [5.74, 6) is 3.08. The van der Waals surface area contributed by atoms with Crippen LogP contribution in [0.4, 0.5) is 0 Å². The Kier molecular flexibility index (Phi) is 1.98. The monoisotopic (exact) mass is 234 g/mol. The first-order valence-electron chi connectivity index (χ1n) is 7.26. The Hall–Kier alpha value is -0.570. The molecule has 4 fully saturated rings. The molecule has 1 N–H and O–H groups in total. The number of amides is 1. The van der Waals surface area contributed by atoms with Gasteiger partial charge in [0, 0.05) is 6.04 Å². The van der Waals surface area contributed by atoms with Gasteiger partial charge in [0.2, 0.25) is 5.91 Å². The summed E-state index contributed by atoms with van der Waals surface area (Å²) < 4.78 is 0. The van der Waals surface area contributed by atoms with Crippen LogP contribution in [0.3, 0.4) is 0 Å². The van der Waals surface area contributed by atoms with Crippen molar-refractivity contribution >= 4 is 5.91 Å². The standard InChI is InChI=1S/C14H22N2O/c1-9(12-7-10-2-3-11(12)6-10)16-8-15-14(4-5-14)13(16)17/h9-12,15H,2-8H2,1H3. The highest BCUT2D eigenvalue weighted by molar-refractivity contribution is 5.91. The molecule has 4 atom stereocenters. The number of carbonyl (C=O) groups is 1. The second kappa shape index (κ2) is 3.25. The van der Waals surface area contributed by atoms with Gasteiger partial charge in [0.1, 0.15) is 0 Å². The van der Waals surface area contributed by atoms with Crippen LogP contribution in [-0.4, -0.2) is 29.1 Å². The van der Waals surface area contributed by atoms with Crippen molar-refractivity contribution < 1.29 is 4.79 Å². The van der Waals surface area contributed by atoms with E-state index in [1.807, 2.05) is 0 Å². The molecule has 1 heterocycles. The summed E-state index contributed by atoms with van der Waals surface area (Å²) in [6.45, 7) is 3.08. The molecule has 3 aliphatic carbocycles. The summed E-state index contributed by atoms with van der Waals surface area (Å²) in [5.41, 5.74) is -0.105. The van der Waals surface area contributed by atoms with Crippen molar-refractivity contribution in [3.8, 4) is 0 Å². The lowest BCUT2D eigenvalue weighted by molar-refractivity contribution is -0.132. The topological polar surface area (TPSA) is 32.3 Å². The molecule has 1 amide bonds. The predicted octanol–water partition coefficient (Wildman–Crippen LogP) is 1.73. The van der Waals surface area contributed by atoms with E-state index in [2.05, 4.69) is 17.1 Å². The van der Waals surface area contributed by atoms with Crippen LogP contribution < -0.4 is 5.32 Å². The third-order valence-electron chi connectivity index (χ3n) is 5.91. The number of hydrogen-bond acceptors (Lipinski definition) is 2. The Bertz CT molecular complexity index is 363. The third-order valence-corrected chi connectivity index (χ3v) is 5.91. The minimum atomic E-state index is -0.105. The first kappa shape index (κ1) is 10.4. The summed E-state index contributed by atoms with van der Waals surface area (Å²) in [4.78, 5) is 14.5. The molecule has 3 nitrogen and oxygen atoms in total. The highest BCUT2D eigenvalue weighted by atomic mass is 16.2. The second-order valence-electron chi connectivity index (χ2n) is 6.77. The third kappa shape index (κ3) is 1.35. The fourth-order valence-electron chi connectivity index (χ4n) is 4.62.